The number of nitrogens with one attached hydrogen (secondary N) is 1. The van der Waals surface area contributed by atoms with Crippen LogP contribution in [0.5, 0.6) is 0 Å². The van der Waals surface area contributed by atoms with Crippen LogP contribution in [-0.4, -0.2) is 33.2 Å². The molecule has 0 aliphatic rings. The first-order valence-electron chi connectivity index (χ1n) is 10.3. The standard InChI is InChI=1S/C24H24BrClN2O3S2/c25-20-9-13-22(14-10-20)28(33(30,31)23-5-2-1-3-6-23)17-24(29)27-15-4-16-32-18-19-7-11-21(26)12-8-19/h1-3,5-14H,4,15-18H2,(H,27,29). The Hall–Kier alpha value is -2.00. The van der Waals surface area contributed by atoms with E-state index in [9.17, 15) is 13.2 Å². The summed E-state index contributed by atoms with van der Waals surface area (Å²) in [5, 5.41) is 3.56. The molecule has 3 rings (SSSR count). The fourth-order valence-electron chi connectivity index (χ4n) is 3.00. The lowest BCUT2D eigenvalue weighted by atomic mass is 10.2. The van der Waals surface area contributed by atoms with Gasteiger partial charge in [-0.1, -0.05) is 57.9 Å². The lowest BCUT2D eigenvalue weighted by Gasteiger charge is -2.24. The second-order valence-corrected chi connectivity index (χ2v) is 11.5. The predicted octanol–water partition coefficient (Wildman–Crippen LogP) is 5.74. The number of thioether (sulfide) groups is 1. The molecular formula is C24H24BrClN2O3S2. The molecule has 5 nitrogen and oxygen atoms in total. The van der Waals surface area contributed by atoms with Crippen LogP contribution in [-0.2, 0) is 20.6 Å². The van der Waals surface area contributed by atoms with Crippen molar-refractivity contribution in [3.63, 3.8) is 0 Å². The first-order chi connectivity index (χ1) is 15.9. The summed E-state index contributed by atoms with van der Waals surface area (Å²) >= 11 is 11.0. The molecule has 0 aromatic heterocycles. The number of nitrogens with zero attached hydrogens (tertiary/aromatic N) is 1. The van der Waals surface area contributed by atoms with Crippen LogP contribution in [0.3, 0.4) is 0 Å². The minimum absolute atomic E-state index is 0.138. The van der Waals surface area contributed by atoms with Gasteiger partial charge in [0.15, 0.2) is 0 Å². The molecular weight excluding hydrogens is 544 g/mol. The highest BCUT2D eigenvalue weighted by molar-refractivity contribution is 9.10. The molecule has 9 heteroatoms. The van der Waals surface area contributed by atoms with Gasteiger partial charge in [0, 0.05) is 21.8 Å². The fraction of sp³-hybridized carbons (Fsp3) is 0.208. The van der Waals surface area contributed by atoms with Crippen molar-refractivity contribution < 1.29 is 13.2 Å². The molecule has 3 aromatic carbocycles. The van der Waals surface area contributed by atoms with Gasteiger partial charge in [-0.05, 0) is 66.3 Å². The molecule has 0 saturated carbocycles. The largest absolute Gasteiger partial charge is 0.354 e. The lowest BCUT2D eigenvalue weighted by Crippen LogP contribution is -2.41. The molecule has 0 atom stereocenters. The van der Waals surface area contributed by atoms with E-state index in [1.54, 1.807) is 54.2 Å². The number of benzene rings is 3. The Bertz CT molecular complexity index is 1140. The smallest absolute Gasteiger partial charge is 0.264 e. The first-order valence-corrected chi connectivity index (χ1v) is 14.0. The zero-order valence-electron chi connectivity index (χ0n) is 17.8. The molecule has 33 heavy (non-hydrogen) atoms. The predicted molar refractivity (Wildman–Crippen MR) is 140 cm³/mol. The third kappa shape index (κ3) is 7.78. The van der Waals surface area contributed by atoms with Gasteiger partial charge in [0.2, 0.25) is 5.91 Å². The van der Waals surface area contributed by atoms with Crippen LogP contribution in [0.25, 0.3) is 0 Å². The topological polar surface area (TPSA) is 66.5 Å². The van der Waals surface area contributed by atoms with E-state index in [0.717, 1.165) is 31.7 Å². The average Bonchev–Trinajstić information content (AvgIpc) is 2.82. The summed E-state index contributed by atoms with van der Waals surface area (Å²) in [5.41, 5.74) is 1.63. The van der Waals surface area contributed by atoms with Crippen LogP contribution in [0.15, 0.2) is 88.2 Å². The van der Waals surface area contributed by atoms with E-state index < -0.39 is 10.0 Å². The third-order valence-electron chi connectivity index (χ3n) is 4.70. The zero-order chi connectivity index (χ0) is 23.7. The van der Waals surface area contributed by atoms with Crippen LogP contribution >= 0.6 is 39.3 Å². The number of carbonyl (C=O) groups excluding carboxylic acids is 1. The number of carbonyl (C=O) groups is 1. The van der Waals surface area contributed by atoms with Gasteiger partial charge >= 0.3 is 0 Å². The van der Waals surface area contributed by atoms with Gasteiger partial charge in [-0.25, -0.2) is 8.42 Å². The van der Waals surface area contributed by atoms with Crippen molar-refractivity contribution in [3.8, 4) is 0 Å². The molecule has 0 bridgehead atoms. The summed E-state index contributed by atoms with van der Waals surface area (Å²) < 4.78 is 28.5. The van der Waals surface area contributed by atoms with E-state index in [2.05, 4.69) is 21.2 Å². The minimum Gasteiger partial charge on any atom is -0.354 e. The second-order valence-electron chi connectivity index (χ2n) is 7.18. The number of sulfonamides is 1. The zero-order valence-corrected chi connectivity index (χ0v) is 21.8. The molecule has 1 amide bonds. The molecule has 0 unspecified atom stereocenters. The number of halogens is 2. The summed E-state index contributed by atoms with van der Waals surface area (Å²) in [6.45, 7) is 0.183. The highest BCUT2D eigenvalue weighted by atomic mass is 79.9. The van der Waals surface area contributed by atoms with Crippen molar-refractivity contribution in [1.29, 1.82) is 0 Å². The molecule has 3 aromatic rings. The second kappa shape index (κ2) is 12.5. The summed E-state index contributed by atoms with van der Waals surface area (Å²) in [5.74, 6) is 1.40. The fourth-order valence-corrected chi connectivity index (χ4v) is 5.75. The Morgan fingerprint density at radius 3 is 2.30 bits per heavy atom. The van der Waals surface area contributed by atoms with Gasteiger partial charge in [0.05, 0.1) is 10.6 Å². The SMILES string of the molecule is O=C(CN(c1ccc(Br)cc1)S(=O)(=O)c1ccccc1)NCCCSCc1ccc(Cl)cc1. The van der Waals surface area contributed by atoms with Crippen molar-refractivity contribution in [3.05, 3.63) is 93.9 Å². The van der Waals surface area contributed by atoms with Gasteiger partial charge < -0.3 is 5.32 Å². The van der Waals surface area contributed by atoms with Crippen LogP contribution in [0.2, 0.25) is 5.02 Å². The van der Waals surface area contributed by atoms with Crippen molar-refractivity contribution in [2.24, 2.45) is 0 Å². The maximum atomic E-state index is 13.2. The quantitative estimate of drug-likeness (QED) is 0.300. The molecule has 0 heterocycles. The third-order valence-corrected chi connectivity index (χ3v) is 8.39. The van der Waals surface area contributed by atoms with Crippen LogP contribution in [0, 0.1) is 0 Å². The Labute approximate surface area is 212 Å². The van der Waals surface area contributed by atoms with E-state index in [1.807, 2.05) is 24.3 Å². The lowest BCUT2D eigenvalue weighted by molar-refractivity contribution is -0.119. The van der Waals surface area contributed by atoms with Gasteiger partial charge in [0.25, 0.3) is 10.0 Å². The summed E-state index contributed by atoms with van der Waals surface area (Å²) in [7, 11) is -3.89. The maximum absolute atomic E-state index is 13.2. The van der Waals surface area contributed by atoms with Gasteiger partial charge in [-0.15, -0.1) is 0 Å². The van der Waals surface area contributed by atoms with Crippen molar-refractivity contribution in [2.45, 2.75) is 17.1 Å². The Morgan fingerprint density at radius 2 is 1.64 bits per heavy atom. The van der Waals surface area contributed by atoms with E-state index in [-0.39, 0.29) is 17.3 Å². The highest BCUT2D eigenvalue weighted by Crippen LogP contribution is 2.25. The molecule has 0 fully saturated rings. The van der Waals surface area contributed by atoms with E-state index >= 15 is 0 Å². The molecule has 0 saturated heterocycles. The summed E-state index contributed by atoms with van der Waals surface area (Å²) in [6, 6.07) is 22.7. The van der Waals surface area contributed by atoms with Gasteiger partial charge in [-0.3, -0.25) is 9.10 Å². The van der Waals surface area contributed by atoms with Gasteiger partial charge in [0.1, 0.15) is 6.54 Å². The normalized spacial score (nSPS) is 11.2. The number of amides is 1. The minimum atomic E-state index is -3.89. The van der Waals surface area contributed by atoms with Crippen molar-refractivity contribution in [1.82, 2.24) is 5.32 Å². The van der Waals surface area contributed by atoms with Crippen LogP contribution in [0.4, 0.5) is 5.69 Å². The Kier molecular flexibility index (Phi) is 9.67. The first kappa shape index (κ1) is 25.6. The van der Waals surface area contributed by atoms with Crippen molar-refractivity contribution >= 4 is 60.9 Å². The van der Waals surface area contributed by atoms with E-state index in [0.29, 0.717) is 12.2 Å². The van der Waals surface area contributed by atoms with Crippen LogP contribution in [0.1, 0.15) is 12.0 Å². The molecule has 0 aliphatic carbocycles. The molecule has 1 N–H and O–H groups in total. The van der Waals surface area contributed by atoms with E-state index in [1.165, 1.54) is 17.7 Å². The highest BCUT2D eigenvalue weighted by Gasteiger charge is 2.26. The number of hydrogen-bond acceptors (Lipinski definition) is 4. The average molecular weight is 568 g/mol. The molecule has 0 spiro atoms. The number of anilines is 1. The summed E-state index contributed by atoms with van der Waals surface area (Å²) in [6.07, 6.45) is 0.785. The molecule has 0 aliphatic heterocycles. The molecule has 174 valence electrons. The van der Waals surface area contributed by atoms with Crippen molar-refractivity contribution in [2.75, 3.05) is 23.1 Å². The monoisotopic (exact) mass is 566 g/mol. The Balaban J connectivity index is 1.55. The Morgan fingerprint density at radius 1 is 0.970 bits per heavy atom. The molecule has 0 radical (unpaired) electrons. The van der Waals surface area contributed by atoms with Gasteiger partial charge in [-0.2, -0.15) is 11.8 Å². The summed E-state index contributed by atoms with van der Waals surface area (Å²) in [4.78, 5) is 12.8. The van der Waals surface area contributed by atoms with Crippen LogP contribution < -0.4 is 9.62 Å². The number of rotatable bonds is 11. The maximum Gasteiger partial charge on any atom is 0.264 e. The van der Waals surface area contributed by atoms with E-state index in [4.69, 9.17) is 11.6 Å². The number of hydrogen-bond donors (Lipinski definition) is 1.